The second-order valence-corrected chi connectivity index (χ2v) is 3.78. The average molecular weight is 188 g/mol. The Morgan fingerprint density at radius 1 is 1.21 bits per heavy atom. The second kappa shape index (κ2) is 4.38. The molecule has 2 heteroatoms. The molecule has 1 aliphatic carbocycles. The fraction of sp³-hybridized carbons (Fsp3) is 0.417. The molecule has 0 radical (unpaired) electrons. The van der Waals surface area contributed by atoms with Gasteiger partial charge in [0.2, 0.25) is 0 Å². The third kappa shape index (κ3) is 2.02. The highest BCUT2D eigenvalue weighted by atomic mass is 14.7. The molecule has 1 aromatic heterocycles. The zero-order chi connectivity index (χ0) is 9.80. The minimum Gasteiger partial charge on any atom is -0.321 e. The van der Waals surface area contributed by atoms with Crippen LogP contribution in [-0.2, 0) is 0 Å². The summed E-state index contributed by atoms with van der Waals surface area (Å²) in [5.41, 5.74) is 8.74. The monoisotopic (exact) mass is 188 g/mol. The molecule has 2 N–H and O–H groups in total. The van der Waals surface area contributed by atoms with Crippen molar-refractivity contribution in [2.24, 2.45) is 5.73 Å². The Hall–Kier alpha value is -1.15. The molecule has 1 heterocycles. The summed E-state index contributed by atoms with van der Waals surface area (Å²) in [4.78, 5) is 4.00. The van der Waals surface area contributed by atoms with Gasteiger partial charge >= 0.3 is 0 Å². The molecule has 14 heavy (non-hydrogen) atoms. The largest absolute Gasteiger partial charge is 0.321 e. The smallest absolute Gasteiger partial charge is 0.0512 e. The van der Waals surface area contributed by atoms with Crippen molar-refractivity contribution in [3.8, 4) is 0 Å². The first kappa shape index (κ1) is 9.41. The molecule has 0 aromatic carbocycles. The molecule has 1 atom stereocenters. The molecule has 0 saturated carbocycles. The number of nitrogens with two attached hydrogens (primary N) is 1. The van der Waals surface area contributed by atoms with E-state index in [1.807, 2.05) is 12.1 Å². The fourth-order valence-electron chi connectivity index (χ4n) is 1.93. The van der Waals surface area contributed by atoms with Crippen LogP contribution in [-0.4, -0.2) is 4.98 Å². The van der Waals surface area contributed by atoms with E-state index < -0.39 is 0 Å². The Morgan fingerprint density at radius 2 is 2.00 bits per heavy atom. The van der Waals surface area contributed by atoms with Gasteiger partial charge in [-0.25, -0.2) is 0 Å². The van der Waals surface area contributed by atoms with Crippen molar-refractivity contribution in [1.82, 2.24) is 4.98 Å². The average Bonchev–Trinajstić information content (AvgIpc) is 2.30. The van der Waals surface area contributed by atoms with E-state index in [-0.39, 0.29) is 6.04 Å². The SMILES string of the molecule is NC(C1=CCCCC1)c1ccncc1. The summed E-state index contributed by atoms with van der Waals surface area (Å²) in [6.07, 6.45) is 10.8. The third-order valence-electron chi connectivity index (χ3n) is 2.79. The van der Waals surface area contributed by atoms with Crippen LogP contribution in [0.2, 0.25) is 0 Å². The number of rotatable bonds is 2. The van der Waals surface area contributed by atoms with Gasteiger partial charge in [0.05, 0.1) is 6.04 Å². The first-order valence-corrected chi connectivity index (χ1v) is 5.22. The lowest BCUT2D eigenvalue weighted by Gasteiger charge is -2.19. The molecule has 1 unspecified atom stereocenters. The molecule has 1 aromatic rings. The van der Waals surface area contributed by atoms with Crippen LogP contribution < -0.4 is 5.73 Å². The first-order chi connectivity index (χ1) is 6.88. The molecule has 0 bridgehead atoms. The van der Waals surface area contributed by atoms with Crippen LogP contribution in [0, 0.1) is 0 Å². The van der Waals surface area contributed by atoms with Gasteiger partial charge in [0.15, 0.2) is 0 Å². The summed E-state index contributed by atoms with van der Waals surface area (Å²) in [5, 5.41) is 0. The predicted molar refractivity (Wildman–Crippen MR) is 57.7 cm³/mol. The van der Waals surface area contributed by atoms with Gasteiger partial charge < -0.3 is 5.73 Å². The summed E-state index contributed by atoms with van der Waals surface area (Å²) < 4.78 is 0. The maximum Gasteiger partial charge on any atom is 0.0512 e. The fourth-order valence-corrected chi connectivity index (χ4v) is 1.93. The number of hydrogen-bond donors (Lipinski definition) is 1. The molecule has 2 nitrogen and oxygen atoms in total. The highest BCUT2D eigenvalue weighted by molar-refractivity contribution is 5.26. The van der Waals surface area contributed by atoms with Crippen LogP contribution in [0.1, 0.15) is 37.3 Å². The zero-order valence-corrected chi connectivity index (χ0v) is 8.32. The van der Waals surface area contributed by atoms with Gasteiger partial charge in [0.1, 0.15) is 0 Å². The van der Waals surface area contributed by atoms with Gasteiger partial charge in [-0.15, -0.1) is 0 Å². The normalized spacial score (nSPS) is 18.8. The van der Waals surface area contributed by atoms with Crippen molar-refractivity contribution in [1.29, 1.82) is 0 Å². The summed E-state index contributed by atoms with van der Waals surface area (Å²) >= 11 is 0. The minimum absolute atomic E-state index is 0.0818. The molecule has 0 spiro atoms. The lowest BCUT2D eigenvalue weighted by atomic mass is 9.91. The van der Waals surface area contributed by atoms with Crippen LogP contribution in [0.15, 0.2) is 36.2 Å². The van der Waals surface area contributed by atoms with Crippen LogP contribution >= 0.6 is 0 Å². The number of nitrogens with zero attached hydrogens (tertiary/aromatic N) is 1. The van der Waals surface area contributed by atoms with Crippen molar-refractivity contribution >= 4 is 0 Å². The number of allylic oxidation sites excluding steroid dienone is 1. The molecule has 0 aliphatic heterocycles. The van der Waals surface area contributed by atoms with Crippen LogP contribution in [0.5, 0.6) is 0 Å². The highest BCUT2D eigenvalue weighted by Crippen LogP contribution is 2.27. The molecule has 0 saturated heterocycles. The second-order valence-electron chi connectivity index (χ2n) is 3.78. The summed E-state index contributed by atoms with van der Waals surface area (Å²) in [6, 6.07) is 4.08. The standard InChI is InChI=1S/C12H16N2/c13-12(10-4-2-1-3-5-10)11-6-8-14-9-7-11/h4,6-9,12H,1-3,5,13H2. The Morgan fingerprint density at radius 3 is 2.64 bits per heavy atom. The molecule has 1 aliphatic rings. The van der Waals surface area contributed by atoms with E-state index in [9.17, 15) is 0 Å². The van der Waals surface area contributed by atoms with Crippen LogP contribution in [0.3, 0.4) is 0 Å². The van der Waals surface area contributed by atoms with E-state index >= 15 is 0 Å². The quantitative estimate of drug-likeness (QED) is 0.724. The zero-order valence-electron chi connectivity index (χ0n) is 8.32. The lowest BCUT2D eigenvalue weighted by Crippen LogP contribution is -2.14. The Kier molecular flexibility index (Phi) is 2.94. The van der Waals surface area contributed by atoms with Gasteiger partial charge in [0, 0.05) is 12.4 Å². The van der Waals surface area contributed by atoms with Crippen molar-refractivity contribution < 1.29 is 0 Å². The van der Waals surface area contributed by atoms with Crippen molar-refractivity contribution in [2.75, 3.05) is 0 Å². The molecule has 0 fully saturated rings. The maximum absolute atomic E-state index is 6.17. The maximum atomic E-state index is 6.17. The molecule has 0 amide bonds. The first-order valence-electron chi connectivity index (χ1n) is 5.22. The Labute approximate surface area is 84.9 Å². The van der Waals surface area contributed by atoms with E-state index in [1.54, 1.807) is 12.4 Å². The number of aromatic nitrogens is 1. The van der Waals surface area contributed by atoms with Crippen molar-refractivity contribution in [2.45, 2.75) is 31.7 Å². The lowest BCUT2D eigenvalue weighted by molar-refractivity contribution is 0.648. The van der Waals surface area contributed by atoms with Crippen LogP contribution in [0.4, 0.5) is 0 Å². The van der Waals surface area contributed by atoms with E-state index in [2.05, 4.69) is 11.1 Å². The third-order valence-corrected chi connectivity index (χ3v) is 2.79. The topological polar surface area (TPSA) is 38.9 Å². The van der Waals surface area contributed by atoms with Gasteiger partial charge in [-0.05, 0) is 43.4 Å². The van der Waals surface area contributed by atoms with E-state index in [1.165, 1.54) is 30.4 Å². The van der Waals surface area contributed by atoms with Crippen molar-refractivity contribution in [3.63, 3.8) is 0 Å². The minimum atomic E-state index is 0.0818. The summed E-state index contributed by atoms with van der Waals surface area (Å²) in [5.74, 6) is 0. The van der Waals surface area contributed by atoms with E-state index in [4.69, 9.17) is 5.73 Å². The summed E-state index contributed by atoms with van der Waals surface area (Å²) in [6.45, 7) is 0. The van der Waals surface area contributed by atoms with Gasteiger partial charge in [-0.1, -0.05) is 11.6 Å². The van der Waals surface area contributed by atoms with Gasteiger partial charge in [-0.2, -0.15) is 0 Å². The van der Waals surface area contributed by atoms with Crippen molar-refractivity contribution in [3.05, 3.63) is 41.7 Å². The number of pyridine rings is 1. The Bertz CT molecular complexity index is 316. The molecule has 74 valence electrons. The molecular formula is C12H16N2. The molecular weight excluding hydrogens is 172 g/mol. The van der Waals surface area contributed by atoms with Gasteiger partial charge in [-0.3, -0.25) is 4.98 Å². The predicted octanol–water partition coefficient (Wildman–Crippen LogP) is 2.58. The summed E-state index contributed by atoms with van der Waals surface area (Å²) in [7, 11) is 0. The molecule has 2 rings (SSSR count). The highest BCUT2D eigenvalue weighted by Gasteiger charge is 2.13. The van der Waals surface area contributed by atoms with Crippen LogP contribution in [0.25, 0.3) is 0 Å². The van der Waals surface area contributed by atoms with E-state index in [0.717, 1.165) is 6.42 Å². The van der Waals surface area contributed by atoms with Gasteiger partial charge in [0.25, 0.3) is 0 Å². The van der Waals surface area contributed by atoms with E-state index in [0.29, 0.717) is 0 Å². The number of hydrogen-bond acceptors (Lipinski definition) is 2. The Balaban J connectivity index is 2.15.